The molecule has 0 fully saturated rings. The molecule has 4 aromatic carbocycles. The highest BCUT2D eigenvalue weighted by Crippen LogP contribution is 2.48. The molecule has 5 rings (SSSR count). The summed E-state index contributed by atoms with van der Waals surface area (Å²) in [7, 11) is 0. The van der Waals surface area contributed by atoms with Crippen LogP contribution in [0.25, 0.3) is 32.3 Å². The van der Waals surface area contributed by atoms with Crippen molar-refractivity contribution in [2.24, 2.45) is 0 Å². The Kier molecular flexibility index (Phi) is 2.36. The van der Waals surface area contributed by atoms with Gasteiger partial charge in [0.1, 0.15) is 18.0 Å². The van der Waals surface area contributed by atoms with Crippen molar-refractivity contribution in [3.63, 3.8) is 0 Å². The number of hydrogen-bond acceptors (Lipinski definition) is 3. The molecule has 2 atom stereocenters. The summed E-state index contributed by atoms with van der Waals surface area (Å²) in [6.07, 6.45) is -1.81. The minimum absolute atomic E-state index is 0.246. The fraction of sp³-hybridized carbons (Fsp3) is 0.100. The Labute approximate surface area is 132 Å². The number of aliphatic hydroxyl groups excluding tert-OH is 2. The molecule has 0 saturated heterocycles. The molecule has 3 nitrogen and oxygen atoms in total. The van der Waals surface area contributed by atoms with Crippen LogP contribution < -0.4 is 0 Å². The van der Waals surface area contributed by atoms with Crippen LogP contribution in [0.2, 0.25) is 0 Å². The first-order chi connectivity index (χ1) is 11.2. The van der Waals surface area contributed by atoms with Crippen molar-refractivity contribution in [1.29, 1.82) is 0 Å². The largest absolute Gasteiger partial charge is 0.507 e. The fourth-order valence-electron chi connectivity index (χ4n) is 3.95. The molecule has 1 aliphatic rings. The second-order valence-corrected chi connectivity index (χ2v) is 6.16. The Balaban J connectivity index is 2.07. The van der Waals surface area contributed by atoms with Crippen molar-refractivity contribution in [2.75, 3.05) is 0 Å². The smallest absolute Gasteiger partial charge is 0.123 e. The zero-order valence-electron chi connectivity index (χ0n) is 12.2. The predicted molar refractivity (Wildman–Crippen MR) is 90.5 cm³/mol. The van der Waals surface area contributed by atoms with E-state index in [1.807, 2.05) is 42.5 Å². The third kappa shape index (κ3) is 1.50. The molecule has 112 valence electrons. The minimum Gasteiger partial charge on any atom is -0.507 e. The Morgan fingerprint density at radius 2 is 1.48 bits per heavy atom. The fourth-order valence-corrected chi connectivity index (χ4v) is 3.95. The van der Waals surface area contributed by atoms with Gasteiger partial charge in [0, 0.05) is 5.39 Å². The van der Waals surface area contributed by atoms with Gasteiger partial charge < -0.3 is 15.3 Å². The van der Waals surface area contributed by atoms with E-state index in [4.69, 9.17) is 0 Å². The maximum atomic E-state index is 10.6. The Bertz CT molecular complexity index is 1110. The van der Waals surface area contributed by atoms with Crippen molar-refractivity contribution in [3.05, 3.63) is 65.7 Å². The first-order valence-electron chi connectivity index (χ1n) is 7.63. The van der Waals surface area contributed by atoms with Crippen LogP contribution in [0.5, 0.6) is 5.75 Å². The van der Waals surface area contributed by atoms with Crippen molar-refractivity contribution in [1.82, 2.24) is 0 Å². The number of rotatable bonds is 0. The average Bonchev–Trinajstić information content (AvgIpc) is 2.82. The summed E-state index contributed by atoms with van der Waals surface area (Å²) in [5.74, 6) is 0.246. The van der Waals surface area contributed by atoms with Crippen LogP contribution in [-0.2, 0) is 0 Å². The molecule has 1 aliphatic carbocycles. The monoisotopic (exact) mass is 302 g/mol. The molecule has 0 aromatic heterocycles. The average molecular weight is 302 g/mol. The maximum absolute atomic E-state index is 10.6. The van der Waals surface area contributed by atoms with Gasteiger partial charge in [-0.1, -0.05) is 42.5 Å². The van der Waals surface area contributed by atoms with Crippen molar-refractivity contribution >= 4 is 32.3 Å². The summed E-state index contributed by atoms with van der Waals surface area (Å²) in [6.45, 7) is 0. The quantitative estimate of drug-likeness (QED) is 0.341. The molecule has 23 heavy (non-hydrogen) atoms. The number of phenolic OH excluding ortho intramolecular Hbond substituents is 1. The van der Waals surface area contributed by atoms with Gasteiger partial charge >= 0.3 is 0 Å². The van der Waals surface area contributed by atoms with Gasteiger partial charge in [-0.25, -0.2) is 0 Å². The predicted octanol–water partition coefficient (Wildman–Crippen LogP) is 3.93. The highest BCUT2D eigenvalue weighted by atomic mass is 16.3. The van der Waals surface area contributed by atoms with Gasteiger partial charge in [0.25, 0.3) is 0 Å². The molecule has 0 aliphatic heterocycles. The summed E-state index contributed by atoms with van der Waals surface area (Å²) in [5.41, 5.74) is 1.56. The number of phenols is 1. The van der Waals surface area contributed by atoms with E-state index in [-0.39, 0.29) is 5.75 Å². The summed E-state index contributed by atoms with van der Waals surface area (Å²) in [6, 6.07) is 17.1. The van der Waals surface area contributed by atoms with Gasteiger partial charge in [-0.05, 0) is 50.2 Å². The third-order valence-electron chi connectivity index (χ3n) is 4.98. The first-order valence-corrected chi connectivity index (χ1v) is 7.63. The van der Waals surface area contributed by atoms with Crippen LogP contribution in [0.4, 0.5) is 0 Å². The third-order valence-corrected chi connectivity index (χ3v) is 4.98. The van der Waals surface area contributed by atoms with Gasteiger partial charge in [-0.3, -0.25) is 0 Å². The summed E-state index contributed by atoms with van der Waals surface area (Å²) < 4.78 is 0. The lowest BCUT2D eigenvalue weighted by Gasteiger charge is -2.13. The first kappa shape index (κ1) is 12.9. The van der Waals surface area contributed by atoms with Gasteiger partial charge in [0.2, 0.25) is 0 Å². The zero-order chi connectivity index (χ0) is 15.7. The molecule has 4 aromatic rings. The van der Waals surface area contributed by atoms with E-state index in [0.717, 1.165) is 43.4 Å². The molecule has 0 bridgehead atoms. The van der Waals surface area contributed by atoms with Crippen LogP contribution in [0, 0.1) is 0 Å². The summed E-state index contributed by atoms with van der Waals surface area (Å²) in [5, 5.41) is 36.6. The maximum Gasteiger partial charge on any atom is 0.123 e. The van der Waals surface area contributed by atoms with Crippen LogP contribution >= 0.6 is 0 Å². The lowest BCUT2D eigenvalue weighted by molar-refractivity contribution is 0.0261. The molecule has 2 unspecified atom stereocenters. The highest BCUT2D eigenvalue weighted by molar-refractivity contribution is 6.16. The number of fused-ring (bicyclic) bond motifs is 4. The Morgan fingerprint density at radius 3 is 2.35 bits per heavy atom. The van der Waals surface area contributed by atoms with E-state index in [1.165, 1.54) is 0 Å². The van der Waals surface area contributed by atoms with E-state index >= 15 is 0 Å². The topological polar surface area (TPSA) is 60.7 Å². The number of aromatic hydroxyl groups is 1. The van der Waals surface area contributed by atoms with E-state index in [9.17, 15) is 15.3 Å². The van der Waals surface area contributed by atoms with Crippen molar-refractivity contribution in [3.8, 4) is 5.75 Å². The number of aliphatic hydroxyl groups is 2. The van der Waals surface area contributed by atoms with Crippen molar-refractivity contribution in [2.45, 2.75) is 12.2 Å². The minimum atomic E-state index is -0.923. The normalized spacial score (nSPS) is 19.9. The molecule has 0 radical (unpaired) electrons. The van der Waals surface area contributed by atoms with E-state index in [1.54, 1.807) is 6.07 Å². The van der Waals surface area contributed by atoms with Gasteiger partial charge in [-0.2, -0.15) is 0 Å². The zero-order valence-corrected chi connectivity index (χ0v) is 12.2. The second-order valence-electron chi connectivity index (χ2n) is 6.16. The Hall–Kier alpha value is -2.62. The lowest BCUT2D eigenvalue weighted by atomic mass is 9.93. The molecule has 0 heterocycles. The van der Waals surface area contributed by atoms with Crippen LogP contribution in [-0.4, -0.2) is 15.3 Å². The van der Waals surface area contributed by atoms with Gasteiger partial charge in [0.15, 0.2) is 0 Å². The summed E-state index contributed by atoms with van der Waals surface area (Å²) in [4.78, 5) is 0. The molecule has 0 amide bonds. The van der Waals surface area contributed by atoms with Crippen LogP contribution in [0.15, 0.2) is 54.6 Å². The van der Waals surface area contributed by atoms with Gasteiger partial charge in [-0.15, -0.1) is 0 Å². The lowest BCUT2D eigenvalue weighted by Crippen LogP contribution is -2.03. The Morgan fingerprint density at radius 1 is 0.696 bits per heavy atom. The molecular weight excluding hydrogens is 288 g/mol. The summed E-state index contributed by atoms with van der Waals surface area (Å²) >= 11 is 0. The molecule has 3 N–H and O–H groups in total. The number of hydrogen-bond donors (Lipinski definition) is 3. The van der Waals surface area contributed by atoms with Crippen molar-refractivity contribution < 1.29 is 15.3 Å². The molecule has 0 spiro atoms. The standard InChI is InChI=1S/C20H14O3/c21-16-6-2-4-11-12(16)7-8-13-15(11)9-10-3-1-5-14-17(10)18(13)20(23)19(14)22/h1-9,19-23H. The van der Waals surface area contributed by atoms with Gasteiger partial charge in [0.05, 0.1) is 0 Å². The van der Waals surface area contributed by atoms with E-state index in [2.05, 4.69) is 6.07 Å². The van der Waals surface area contributed by atoms with E-state index in [0.29, 0.717) is 0 Å². The molecular formula is C20H14O3. The molecule has 3 heteroatoms. The molecule has 0 saturated carbocycles. The number of benzene rings is 4. The van der Waals surface area contributed by atoms with Crippen LogP contribution in [0.1, 0.15) is 23.3 Å². The highest BCUT2D eigenvalue weighted by Gasteiger charge is 2.33. The SMILES string of the molecule is Oc1cccc2c1ccc1c3c4c(cccc4cc12)C(O)C3O. The van der Waals surface area contributed by atoms with E-state index < -0.39 is 12.2 Å². The second kappa shape index (κ2) is 4.22. The van der Waals surface area contributed by atoms with Crippen LogP contribution in [0.3, 0.4) is 0 Å².